The lowest BCUT2D eigenvalue weighted by atomic mass is 9.57. The van der Waals surface area contributed by atoms with Gasteiger partial charge in [-0.1, -0.05) is 18.2 Å². The van der Waals surface area contributed by atoms with Gasteiger partial charge < -0.3 is 26.2 Å². The number of aliphatic hydroxyl groups is 3. The summed E-state index contributed by atoms with van der Waals surface area (Å²) < 4.78 is 0. The molecule has 0 aromatic heterocycles. The van der Waals surface area contributed by atoms with E-state index in [-0.39, 0.29) is 29.7 Å². The lowest BCUT2D eigenvalue weighted by molar-refractivity contribution is -0.153. The van der Waals surface area contributed by atoms with Crippen molar-refractivity contribution in [3.05, 3.63) is 70.0 Å². The van der Waals surface area contributed by atoms with Crippen LogP contribution in [0.4, 0.5) is 0 Å². The molecule has 2 aromatic carbocycles. The molecule has 2 amide bonds. The third-order valence-electron chi connectivity index (χ3n) is 8.23. The summed E-state index contributed by atoms with van der Waals surface area (Å²) in [5.41, 5.74) is 5.70. The average Bonchev–Trinajstić information content (AvgIpc) is 2.90. The smallest absolute Gasteiger partial charge is 0.274 e. The van der Waals surface area contributed by atoms with E-state index in [1.165, 1.54) is 32.2 Å². The highest BCUT2D eigenvalue weighted by molar-refractivity contribution is 6.24. The van der Waals surface area contributed by atoms with Crippen LogP contribution in [0.25, 0.3) is 16.9 Å². The molecular weight excluding hydrogens is 534 g/mol. The zero-order chi connectivity index (χ0) is 30.0. The summed E-state index contributed by atoms with van der Waals surface area (Å²) in [4.78, 5) is 57.8. The number of carbonyl (C=O) groups is 4. The van der Waals surface area contributed by atoms with Crippen molar-refractivity contribution in [2.75, 3.05) is 21.2 Å². The number of nitrogens with two attached hydrogens (primary N) is 1. The molecule has 0 spiro atoms. The minimum atomic E-state index is -2.71. The number of hydrogen-bond donors (Lipinski definition) is 6. The molecule has 4 atom stereocenters. The zero-order valence-electron chi connectivity index (χ0n) is 22.5. The highest BCUT2D eigenvalue weighted by Gasteiger charge is 2.64. The van der Waals surface area contributed by atoms with E-state index in [1.54, 1.807) is 30.3 Å². The standard InChI is InChI=1S/C29H29N3O9/c1-32(2)22-17-11-14-10-16-15(12-5-4-6-13(9-12)28(39)31-41-3)7-8-18(33)20(16)23(34)19(14)25(36)29(17,40)26(37)21(24(22)35)27(30)38/h4-9,14,17,22,33-34,37,40H,10-11H2,1-3H3,(H2,30,38)(H,31,39)/t14-,17-,22-,29-/m1/s1. The number of primary amides is 1. The van der Waals surface area contributed by atoms with Crippen molar-refractivity contribution in [3.63, 3.8) is 0 Å². The van der Waals surface area contributed by atoms with Gasteiger partial charge in [0.1, 0.15) is 22.8 Å². The largest absolute Gasteiger partial charge is 0.508 e. The van der Waals surface area contributed by atoms with Crippen LogP contribution in [-0.4, -0.2) is 81.6 Å². The quantitative estimate of drug-likeness (QED) is 0.225. The van der Waals surface area contributed by atoms with E-state index in [1.807, 2.05) is 0 Å². The highest BCUT2D eigenvalue weighted by atomic mass is 16.6. The lowest BCUT2D eigenvalue weighted by Gasteiger charge is -2.50. The molecule has 2 aromatic rings. The first-order valence-electron chi connectivity index (χ1n) is 12.8. The third kappa shape index (κ3) is 4.02. The molecule has 0 bridgehead atoms. The van der Waals surface area contributed by atoms with E-state index in [9.17, 15) is 39.6 Å². The second-order valence-corrected chi connectivity index (χ2v) is 10.7. The Kier molecular flexibility index (Phi) is 6.72. The number of carbonyl (C=O) groups excluding carboxylic acids is 4. The molecule has 214 valence electrons. The normalized spacial score (nSPS) is 25.5. The van der Waals surface area contributed by atoms with Gasteiger partial charge in [-0.3, -0.25) is 28.9 Å². The van der Waals surface area contributed by atoms with Gasteiger partial charge in [0.2, 0.25) is 5.78 Å². The Labute approximate surface area is 234 Å². The second kappa shape index (κ2) is 9.84. The molecule has 12 nitrogen and oxygen atoms in total. The van der Waals surface area contributed by atoms with Crippen LogP contribution in [-0.2, 0) is 25.6 Å². The fourth-order valence-corrected chi connectivity index (χ4v) is 6.49. The molecule has 1 saturated carbocycles. The number of phenols is 1. The van der Waals surface area contributed by atoms with Gasteiger partial charge in [0.05, 0.1) is 18.7 Å². The van der Waals surface area contributed by atoms with Gasteiger partial charge in [-0.25, -0.2) is 5.48 Å². The summed E-state index contributed by atoms with van der Waals surface area (Å²) in [7, 11) is 4.38. The Morgan fingerprint density at radius 2 is 1.83 bits per heavy atom. The number of amides is 2. The van der Waals surface area contributed by atoms with Crippen LogP contribution in [0.5, 0.6) is 5.75 Å². The molecule has 5 rings (SSSR count). The maximum Gasteiger partial charge on any atom is 0.274 e. The van der Waals surface area contributed by atoms with E-state index in [2.05, 4.69) is 5.48 Å². The molecule has 0 aliphatic heterocycles. The number of Topliss-reactive ketones (excluding diaryl/α,β-unsaturated/α-hetero) is 2. The molecule has 3 aliphatic rings. The molecule has 0 heterocycles. The Hall–Kier alpha value is -4.52. The van der Waals surface area contributed by atoms with Crippen molar-refractivity contribution >= 4 is 29.1 Å². The zero-order valence-corrected chi connectivity index (χ0v) is 22.5. The van der Waals surface area contributed by atoms with Crippen LogP contribution < -0.4 is 11.2 Å². The van der Waals surface area contributed by atoms with Gasteiger partial charge in [-0.15, -0.1) is 0 Å². The van der Waals surface area contributed by atoms with Gasteiger partial charge in [-0.05, 0) is 67.7 Å². The number of benzene rings is 2. The number of fused-ring (bicyclic) bond motifs is 3. The molecule has 0 saturated heterocycles. The molecule has 1 fully saturated rings. The van der Waals surface area contributed by atoms with Crippen molar-refractivity contribution in [2.24, 2.45) is 17.6 Å². The van der Waals surface area contributed by atoms with Crippen molar-refractivity contribution in [3.8, 4) is 16.9 Å². The van der Waals surface area contributed by atoms with Crippen molar-refractivity contribution in [1.82, 2.24) is 10.4 Å². The van der Waals surface area contributed by atoms with Gasteiger partial charge >= 0.3 is 0 Å². The minimum Gasteiger partial charge on any atom is -0.508 e. The molecular formula is C29H29N3O9. The first-order chi connectivity index (χ1) is 19.3. The Morgan fingerprint density at radius 1 is 1.12 bits per heavy atom. The maximum atomic E-state index is 14.0. The van der Waals surface area contributed by atoms with Gasteiger partial charge in [0.15, 0.2) is 11.4 Å². The predicted molar refractivity (Wildman–Crippen MR) is 144 cm³/mol. The van der Waals surface area contributed by atoms with E-state index < -0.39 is 64.0 Å². The van der Waals surface area contributed by atoms with Crippen molar-refractivity contribution in [1.29, 1.82) is 0 Å². The Balaban J connectivity index is 1.70. The number of aliphatic hydroxyl groups excluding tert-OH is 2. The van der Waals surface area contributed by atoms with Gasteiger partial charge in [0.25, 0.3) is 11.8 Å². The molecule has 0 radical (unpaired) electrons. The topological polar surface area (TPSA) is 200 Å². The van der Waals surface area contributed by atoms with Crippen LogP contribution in [0.3, 0.4) is 0 Å². The monoisotopic (exact) mass is 563 g/mol. The summed E-state index contributed by atoms with van der Waals surface area (Å²) >= 11 is 0. The number of phenolic OH excluding ortho intramolecular Hbond substituents is 1. The van der Waals surface area contributed by atoms with Crippen LogP contribution in [0, 0.1) is 11.8 Å². The highest BCUT2D eigenvalue weighted by Crippen LogP contribution is 2.53. The SMILES string of the molecule is CONC(=O)c1cccc(-c2ccc(O)c3c2C[C@@H]2C[C@@H]4[C@@H](N(C)C)C(=O)C(C(N)=O)=C(O)[C@]4(O)C(=O)C2=C3O)c1. The van der Waals surface area contributed by atoms with Gasteiger partial charge in [-0.2, -0.15) is 0 Å². The van der Waals surface area contributed by atoms with E-state index in [4.69, 9.17) is 10.6 Å². The number of hydrogen-bond acceptors (Lipinski definition) is 10. The van der Waals surface area contributed by atoms with Crippen LogP contribution in [0.2, 0.25) is 0 Å². The van der Waals surface area contributed by atoms with Crippen LogP contribution in [0.15, 0.2) is 53.3 Å². The Morgan fingerprint density at radius 3 is 2.46 bits per heavy atom. The number of hydroxylamine groups is 1. The second-order valence-electron chi connectivity index (χ2n) is 10.7. The number of ketones is 2. The average molecular weight is 564 g/mol. The number of aromatic hydroxyl groups is 1. The van der Waals surface area contributed by atoms with Crippen molar-refractivity contribution in [2.45, 2.75) is 24.5 Å². The van der Waals surface area contributed by atoms with E-state index in [0.29, 0.717) is 22.3 Å². The number of rotatable bonds is 5. The van der Waals surface area contributed by atoms with Crippen LogP contribution >= 0.6 is 0 Å². The number of nitrogens with zero attached hydrogens (tertiary/aromatic N) is 1. The summed E-state index contributed by atoms with van der Waals surface area (Å²) in [6.45, 7) is 0. The summed E-state index contributed by atoms with van der Waals surface area (Å²) in [5.74, 6) is -7.64. The summed E-state index contributed by atoms with van der Waals surface area (Å²) in [6.07, 6.45) is 0.0872. The number of nitrogens with one attached hydrogen (secondary N) is 1. The molecule has 7 N–H and O–H groups in total. The summed E-state index contributed by atoms with van der Waals surface area (Å²) in [6, 6.07) is 8.39. The minimum absolute atomic E-state index is 0.0306. The van der Waals surface area contributed by atoms with Gasteiger partial charge in [0, 0.05) is 17.1 Å². The number of likely N-dealkylation sites (N-methyl/N-ethyl adjacent to an activating group) is 1. The molecule has 41 heavy (non-hydrogen) atoms. The fraction of sp³-hybridized carbons (Fsp3) is 0.310. The maximum absolute atomic E-state index is 14.0. The van der Waals surface area contributed by atoms with E-state index in [0.717, 1.165) is 0 Å². The molecule has 12 heteroatoms. The van der Waals surface area contributed by atoms with Crippen LogP contribution in [0.1, 0.15) is 27.9 Å². The molecule has 0 unspecified atom stereocenters. The van der Waals surface area contributed by atoms with E-state index >= 15 is 0 Å². The predicted octanol–water partition coefficient (Wildman–Crippen LogP) is 0.922. The fourth-order valence-electron chi connectivity index (χ4n) is 6.49. The summed E-state index contributed by atoms with van der Waals surface area (Å²) in [5, 5.41) is 44.9. The first kappa shape index (κ1) is 28.0. The molecule has 3 aliphatic carbocycles. The van der Waals surface area contributed by atoms with Crippen molar-refractivity contribution < 1.29 is 44.4 Å². The Bertz CT molecular complexity index is 1590. The first-order valence-corrected chi connectivity index (χ1v) is 12.8. The lowest BCUT2D eigenvalue weighted by Crippen LogP contribution is -2.65. The third-order valence-corrected chi connectivity index (χ3v) is 8.23.